The van der Waals surface area contributed by atoms with Crippen LogP contribution in [-0.4, -0.2) is 74.0 Å². The third-order valence-corrected chi connectivity index (χ3v) is 5.72. The van der Waals surface area contributed by atoms with E-state index in [1.165, 1.54) is 16.2 Å². The van der Waals surface area contributed by atoms with E-state index in [9.17, 15) is 14.4 Å². The quantitative estimate of drug-likeness (QED) is 0.861. The molecule has 138 valence electrons. The molecule has 10 heteroatoms. The zero-order chi connectivity index (χ0) is 18.5. The lowest BCUT2D eigenvalue weighted by atomic mass is 9.91. The molecule has 0 aliphatic carbocycles. The number of carbonyl (C=O) groups is 3. The molecule has 4 heterocycles. The largest absolute Gasteiger partial charge is 0.480 e. The van der Waals surface area contributed by atoms with Crippen molar-refractivity contribution >= 4 is 34.3 Å². The number of aromatic nitrogens is 2. The van der Waals surface area contributed by atoms with Gasteiger partial charge in [-0.15, -0.1) is 11.3 Å². The number of amides is 2. The van der Waals surface area contributed by atoms with Crippen LogP contribution < -0.4 is 0 Å². The van der Waals surface area contributed by atoms with Crippen molar-refractivity contribution < 1.29 is 24.2 Å². The third kappa shape index (κ3) is 2.70. The van der Waals surface area contributed by atoms with Gasteiger partial charge >= 0.3 is 12.1 Å². The Morgan fingerprint density at radius 1 is 1.38 bits per heavy atom. The van der Waals surface area contributed by atoms with Crippen LogP contribution >= 0.6 is 11.3 Å². The standard InChI is InChI=1S/C16H18N4O5S/c1-10-12(20-6-7-26-14(20)17-10)13(23)18-4-2-16(3-5-18)9-19(8-11(21)22)15(24)25-16/h6-7H,2-5,8-9H2,1H3,(H,21,22). The van der Waals surface area contributed by atoms with Gasteiger partial charge in [0.15, 0.2) is 4.96 Å². The molecule has 0 aromatic carbocycles. The van der Waals surface area contributed by atoms with Crippen LogP contribution in [0.4, 0.5) is 4.79 Å². The maximum Gasteiger partial charge on any atom is 0.411 e. The summed E-state index contributed by atoms with van der Waals surface area (Å²) in [6, 6.07) is 0. The monoisotopic (exact) mass is 378 g/mol. The smallest absolute Gasteiger partial charge is 0.411 e. The van der Waals surface area contributed by atoms with Crippen molar-refractivity contribution in [2.45, 2.75) is 25.4 Å². The highest BCUT2D eigenvalue weighted by Gasteiger charge is 2.48. The zero-order valence-electron chi connectivity index (χ0n) is 14.2. The lowest BCUT2D eigenvalue weighted by Gasteiger charge is -2.37. The number of hydrogen-bond donors (Lipinski definition) is 1. The average Bonchev–Trinajstić information content (AvgIpc) is 3.21. The maximum absolute atomic E-state index is 12.9. The minimum absolute atomic E-state index is 0.0880. The molecule has 0 bridgehead atoms. The van der Waals surface area contributed by atoms with E-state index in [2.05, 4.69) is 4.98 Å². The average molecular weight is 378 g/mol. The van der Waals surface area contributed by atoms with Gasteiger partial charge in [0.05, 0.1) is 12.2 Å². The lowest BCUT2D eigenvalue weighted by molar-refractivity contribution is -0.137. The first-order chi connectivity index (χ1) is 12.4. The summed E-state index contributed by atoms with van der Waals surface area (Å²) < 4.78 is 7.28. The van der Waals surface area contributed by atoms with Gasteiger partial charge in [-0.3, -0.25) is 18.9 Å². The summed E-state index contributed by atoms with van der Waals surface area (Å²) in [7, 11) is 0. The van der Waals surface area contributed by atoms with Gasteiger partial charge in [0.2, 0.25) is 0 Å². The molecule has 2 aliphatic rings. The number of rotatable bonds is 3. The Hall–Kier alpha value is -2.62. The number of fused-ring (bicyclic) bond motifs is 1. The lowest BCUT2D eigenvalue weighted by Crippen LogP contribution is -2.49. The van der Waals surface area contributed by atoms with Gasteiger partial charge < -0.3 is 14.7 Å². The molecule has 4 rings (SSSR count). The van der Waals surface area contributed by atoms with E-state index >= 15 is 0 Å². The zero-order valence-corrected chi connectivity index (χ0v) is 15.0. The summed E-state index contributed by atoms with van der Waals surface area (Å²) in [6.45, 7) is 2.60. The summed E-state index contributed by atoms with van der Waals surface area (Å²) in [5, 5.41) is 10.8. The van der Waals surface area contributed by atoms with Crippen molar-refractivity contribution in [3.63, 3.8) is 0 Å². The molecule has 2 fully saturated rings. The molecule has 0 atom stereocenters. The van der Waals surface area contributed by atoms with Crippen LogP contribution in [0.2, 0.25) is 0 Å². The van der Waals surface area contributed by atoms with Crippen LogP contribution in [0.3, 0.4) is 0 Å². The molecule has 2 aromatic rings. The Kier molecular flexibility index (Phi) is 3.87. The molecule has 1 spiro atoms. The number of imidazole rings is 1. The summed E-state index contributed by atoms with van der Waals surface area (Å²) in [4.78, 5) is 43.8. The molecule has 2 aromatic heterocycles. The number of carboxylic acids is 1. The number of thiazole rings is 1. The second-order valence-corrected chi connectivity index (χ2v) is 7.57. The Balaban J connectivity index is 1.46. The van der Waals surface area contributed by atoms with Gasteiger partial charge in [-0.05, 0) is 6.92 Å². The van der Waals surface area contributed by atoms with Crippen molar-refractivity contribution in [1.82, 2.24) is 19.2 Å². The number of carbonyl (C=O) groups excluding carboxylic acids is 2. The van der Waals surface area contributed by atoms with E-state index < -0.39 is 17.7 Å². The van der Waals surface area contributed by atoms with Crippen LogP contribution in [0.15, 0.2) is 11.6 Å². The molecule has 2 aliphatic heterocycles. The predicted octanol–water partition coefficient (Wildman–Crippen LogP) is 1.22. The molecule has 0 unspecified atom stereocenters. The van der Waals surface area contributed by atoms with Gasteiger partial charge in [-0.1, -0.05) is 0 Å². The van der Waals surface area contributed by atoms with E-state index in [1.54, 1.807) is 9.30 Å². The minimum atomic E-state index is -1.07. The number of nitrogens with zero attached hydrogens (tertiary/aromatic N) is 4. The van der Waals surface area contributed by atoms with E-state index in [-0.39, 0.29) is 19.0 Å². The topological polar surface area (TPSA) is 104 Å². The van der Waals surface area contributed by atoms with Crippen molar-refractivity contribution in [3.05, 3.63) is 23.0 Å². The van der Waals surface area contributed by atoms with Crippen LogP contribution in [0, 0.1) is 6.92 Å². The van der Waals surface area contributed by atoms with Crippen LogP contribution in [-0.2, 0) is 9.53 Å². The van der Waals surface area contributed by atoms with Gasteiger partial charge in [0, 0.05) is 37.5 Å². The predicted molar refractivity (Wildman–Crippen MR) is 91.4 cm³/mol. The van der Waals surface area contributed by atoms with Gasteiger partial charge in [0.1, 0.15) is 17.8 Å². The van der Waals surface area contributed by atoms with Crippen molar-refractivity contribution in [2.24, 2.45) is 0 Å². The Morgan fingerprint density at radius 2 is 2.12 bits per heavy atom. The Bertz CT molecular complexity index is 896. The Morgan fingerprint density at radius 3 is 2.81 bits per heavy atom. The van der Waals surface area contributed by atoms with E-state index in [1.807, 2.05) is 18.5 Å². The molecule has 2 saturated heterocycles. The summed E-state index contributed by atoms with van der Waals surface area (Å²) in [5.41, 5.74) is 0.559. The first-order valence-corrected chi connectivity index (χ1v) is 9.18. The van der Waals surface area contributed by atoms with Crippen LogP contribution in [0.1, 0.15) is 29.0 Å². The normalized spacial score (nSPS) is 19.3. The third-order valence-electron chi connectivity index (χ3n) is 4.97. The SMILES string of the molecule is Cc1nc2sccn2c1C(=O)N1CCC2(CC1)CN(CC(=O)O)C(=O)O2. The molecule has 9 nitrogen and oxygen atoms in total. The molecule has 1 N–H and O–H groups in total. The van der Waals surface area contributed by atoms with Crippen molar-refractivity contribution in [3.8, 4) is 0 Å². The molecule has 26 heavy (non-hydrogen) atoms. The summed E-state index contributed by atoms with van der Waals surface area (Å²) >= 11 is 1.48. The van der Waals surface area contributed by atoms with E-state index in [0.717, 1.165) is 4.96 Å². The second kappa shape index (κ2) is 5.97. The highest BCUT2D eigenvalue weighted by Crippen LogP contribution is 2.33. The fraction of sp³-hybridized carbons (Fsp3) is 0.500. The molecule has 0 saturated carbocycles. The van der Waals surface area contributed by atoms with Gasteiger partial charge in [0.25, 0.3) is 5.91 Å². The number of likely N-dealkylation sites (tertiary alicyclic amines) is 1. The van der Waals surface area contributed by atoms with E-state index in [0.29, 0.717) is 37.3 Å². The van der Waals surface area contributed by atoms with Crippen molar-refractivity contribution in [2.75, 3.05) is 26.2 Å². The minimum Gasteiger partial charge on any atom is -0.480 e. The fourth-order valence-corrected chi connectivity index (χ4v) is 4.42. The first-order valence-electron chi connectivity index (χ1n) is 8.30. The van der Waals surface area contributed by atoms with Gasteiger partial charge in [-0.2, -0.15) is 0 Å². The summed E-state index contributed by atoms with van der Waals surface area (Å²) in [6.07, 6.45) is 2.22. The van der Waals surface area contributed by atoms with Gasteiger partial charge in [-0.25, -0.2) is 9.78 Å². The van der Waals surface area contributed by atoms with Crippen LogP contribution in [0.25, 0.3) is 4.96 Å². The highest BCUT2D eigenvalue weighted by atomic mass is 32.1. The number of aryl methyl sites for hydroxylation is 1. The number of aliphatic carboxylic acids is 1. The molecule has 0 radical (unpaired) electrons. The fourth-order valence-electron chi connectivity index (χ4n) is 3.66. The van der Waals surface area contributed by atoms with Crippen molar-refractivity contribution in [1.29, 1.82) is 0 Å². The highest BCUT2D eigenvalue weighted by molar-refractivity contribution is 7.15. The number of hydrogen-bond acceptors (Lipinski definition) is 6. The number of carboxylic acid groups (broad SMARTS) is 1. The maximum atomic E-state index is 12.9. The summed E-state index contributed by atoms with van der Waals surface area (Å²) in [5.74, 6) is -1.16. The molecular formula is C16H18N4O5S. The number of ether oxygens (including phenoxy) is 1. The Labute approximate surface area is 152 Å². The first kappa shape index (κ1) is 16.8. The second-order valence-electron chi connectivity index (χ2n) is 6.69. The number of piperidine rings is 1. The van der Waals surface area contributed by atoms with E-state index in [4.69, 9.17) is 9.84 Å². The van der Waals surface area contributed by atoms with Crippen LogP contribution in [0.5, 0.6) is 0 Å². The molecule has 2 amide bonds. The molecular weight excluding hydrogens is 360 g/mol.